The van der Waals surface area contributed by atoms with Crippen molar-refractivity contribution in [3.63, 3.8) is 0 Å². The molecule has 0 amide bonds. The van der Waals surface area contributed by atoms with Gasteiger partial charge in [-0.05, 0) is 30.2 Å². The maximum Gasteiger partial charge on any atom is 0.0538 e. The second-order valence-electron chi connectivity index (χ2n) is 6.56. The van der Waals surface area contributed by atoms with Gasteiger partial charge >= 0.3 is 0 Å². The molecule has 1 aromatic carbocycles. The first kappa shape index (κ1) is 13.1. The summed E-state index contributed by atoms with van der Waals surface area (Å²) in [5.41, 5.74) is 1.90. The number of nitrogens with one attached hydrogen (secondary N) is 1. The van der Waals surface area contributed by atoms with Crippen LogP contribution in [-0.2, 0) is 4.74 Å². The third-order valence-electron chi connectivity index (χ3n) is 4.80. The Morgan fingerprint density at radius 3 is 2.74 bits per heavy atom. The molecule has 1 aromatic rings. The zero-order valence-electron chi connectivity index (χ0n) is 12.1. The van der Waals surface area contributed by atoms with Gasteiger partial charge in [0.05, 0.1) is 6.61 Å². The van der Waals surface area contributed by atoms with Crippen molar-refractivity contribution in [3.05, 3.63) is 35.9 Å². The zero-order valence-corrected chi connectivity index (χ0v) is 12.1. The quantitative estimate of drug-likeness (QED) is 0.877. The van der Waals surface area contributed by atoms with Crippen LogP contribution in [-0.4, -0.2) is 25.8 Å². The molecule has 2 aliphatic rings. The summed E-state index contributed by atoms with van der Waals surface area (Å²) in [6.07, 6.45) is 2.56. The molecule has 0 aromatic heterocycles. The molecule has 1 saturated carbocycles. The topological polar surface area (TPSA) is 21.3 Å². The number of ether oxygens (including phenoxy) is 1. The molecule has 104 valence electrons. The summed E-state index contributed by atoms with van der Waals surface area (Å²) in [5.74, 6) is 1.57. The number of benzene rings is 1. The maximum absolute atomic E-state index is 5.74. The Labute approximate surface area is 116 Å². The summed E-state index contributed by atoms with van der Waals surface area (Å²) < 4.78 is 5.74. The Bertz CT molecular complexity index is 409. The number of hydrogen-bond donors (Lipinski definition) is 1. The van der Waals surface area contributed by atoms with Gasteiger partial charge in [-0.2, -0.15) is 0 Å². The van der Waals surface area contributed by atoms with Crippen molar-refractivity contribution in [3.8, 4) is 0 Å². The van der Waals surface area contributed by atoms with Crippen LogP contribution in [0.2, 0.25) is 0 Å². The molecule has 2 heteroatoms. The van der Waals surface area contributed by atoms with Gasteiger partial charge in [0.25, 0.3) is 0 Å². The van der Waals surface area contributed by atoms with E-state index in [-0.39, 0.29) is 0 Å². The molecule has 1 aliphatic heterocycles. The standard InChI is InChI=1S/C17H25NO/c1-13(2)18-11-17(8-9-19-12-17)16-10-15(16)14-6-4-3-5-7-14/h3-7,13,15-16,18H,8-12H2,1-2H3. The lowest BCUT2D eigenvalue weighted by Gasteiger charge is -2.29. The third kappa shape index (κ3) is 2.70. The summed E-state index contributed by atoms with van der Waals surface area (Å²) in [4.78, 5) is 0. The fourth-order valence-electron chi connectivity index (χ4n) is 3.53. The smallest absolute Gasteiger partial charge is 0.0538 e. The Morgan fingerprint density at radius 2 is 2.11 bits per heavy atom. The van der Waals surface area contributed by atoms with Gasteiger partial charge in [-0.1, -0.05) is 44.2 Å². The Morgan fingerprint density at radius 1 is 1.32 bits per heavy atom. The minimum absolute atomic E-state index is 0.380. The average molecular weight is 259 g/mol. The van der Waals surface area contributed by atoms with Crippen LogP contribution >= 0.6 is 0 Å². The van der Waals surface area contributed by atoms with E-state index in [0.717, 1.165) is 31.6 Å². The van der Waals surface area contributed by atoms with Crippen molar-refractivity contribution in [2.45, 2.75) is 38.6 Å². The largest absolute Gasteiger partial charge is 0.381 e. The van der Waals surface area contributed by atoms with E-state index in [2.05, 4.69) is 49.5 Å². The van der Waals surface area contributed by atoms with Crippen molar-refractivity contribution >= 4 is 0 Å². The van der Waals surface area contributed by atoms with Crippen molar-refractivity contribution in [1.82, 2.24) is 5.32 Å². The molecular formula is C17H25NO. The average Bonchev–Trinajstić information content (AvgIpc) is 3.10. The number of rotatable bonds is 5. The normalized spacial score (nSPS) is 33.8. The van der Waals surface area contributed by atoms with E-state index in [4.69, 9.17) is 4.74 Å². The molecular weight excluding hydrogens is 234 g/mol. The lowest BCUT2D eigenvalue weighted by atomic mass is 9.80. The molecule has 1 aliphatic carbocycles. The highest BCUT2D eigenvalue weighted by Crippen LogP contribution is 2.59. The molecule has 1 saturated heterocycles. The lowest BCUT2D eigenvalue weighted by Crippen LogP contribution is -2.40. The molecule has 0 spiro atoms. The Hall–Kier alpha value is -0.860. The van der Waals surface area contributed by atoms with Gasteiger partial charge in [-0.3, -0.25) is 0 Å². The predicted molar refractivity (Wildman–Crippen MR) is 78.3 cm³/mol. The van der Waals surface area contributed by atoms with E-state index >= 15 is 0 Å². The van der Waals surface area contributed by atoms with Gasteiger partial charge in [0.1, 0.15) is 0 Å². The SMILES string of the molecule is CC(C)NCC1(C2CC2c2ccccc2)CCOC1. The third-order valence-corrected chi connectivity index (χ3v) is 4.80. The van der Waals surface area contributed by atoms with Gasteiger partial charge in [0.15, 0.2) is 0 Å². The van der Waals surface area contributed by atoms with Crippen LogP contribution in [0.25, 0.3) is 0 Å². The van der Waals surface area contributed by atoms with Crippen LogP contribution in [0.4, 0.5) is 0 Å². The lowest BCUT2D eigenvalue weighted by molar-refractivity contribution is 0.133. The summed E-state index contributed by atoms with van der Waals surface area (Å²) in [5, 5.41) is 3.64. The van der Waals surface area contributed by atoms with Crippen LogP contribution in [0.3, 0.4) is 0 Å². The summed E-state index contributed by atoms with van der Waals surface area (Å²) >= 11 is 0. The number of hydrogen-bond acceptors (Lipinski definition) is 2. The molecule has 1 N–H and O–H groups in total. The monoisotopic (exact) mass is 259 g/mol. The van der Waals surface area contributed by atoms with Crippen LogP contribution in [0.1, 0.15) is 38.2 Å². The molecule has 2 nitrogen and oxygen atoms in total. The van der Waals surface area contributed by atoms with Crippen molar-refractivity contribution in [2.75, 3.05) is 19.8 Å². The van der Waals surface area contributed by atoms with E-state index < -0.39 is 0 Å². The highest BCUT2D eigenvalue weighted by Gasteiger charge is 2.54. The van der Waals surface area contributed by atoms with Gasteiger partial charge in [0, 0.05) is 24.6 Å². The van der Waals surface area contributed by atoms with Crippen LogP contribution < -0.4 is 5.32 Å². The molecule has 3 unspecified atom stereocenters. The minimum atomic E-state index is 0.380. The van der Waals surface area contributed by atoms with Crippen molar-refractivity contribution < 1.29 is 4.74 Å². The van der Waals surface area contributed by atoms with Crippen molar-refractivity contribution in [1.29, 1.82) is 0 Å². The van der Waals surface area contributed by atoms with E-state index in [9.17, 15) is 0 Å². The van der Waals surface area contributed by atoms with Gasteiger partial charge in [0.2, 0.25) is 0 Å². The molecule has 19 heavy (non-hydrogen) atoms. The first-order chi connectivity index (χ1) is 9.21. The first-order valence-electron chi connectivity index (χ1n) is 7.57. The van der Waals surface area contributed by atoms with Crippen LogP contribution in [0, 0.1) is 11.3 Å². The highest BCUT2D eigenvalue weighted by atomic mass is 16.5. The first-order valence-corrected chi connectivity index (χ1v) is 7.57. The molecule has 3 atom stereocenters. The van der Waals surface area contributed by atoms with Gasteiger partial charge < -0.3 is 10.1 Å². The van der Waals surface area contributed by atoms with Crippen LogP contribution in [0.15, 0.2) is 30.3 Å². The maximum atomic E-state index is 5.74. The van der Waals surface area contributed by atoms with Gasteiger partial charge in [-0.25, -0.2) is 0 Å². The molecule has 0 bridgehead atoms. The molecule has 2 fully saturated rings. The van der Waals surface area contributed by atoms with E-state index in [1.165, 1.54) is 18.4 Å². The highest BCUT2D eigenvalue weighted by molar-refractivity contribution is 5.27. The van der Waals surface area contributed by atoms with E-state index in [0.29, 0.717) is 11.5 Å². The van der Waals surface area contributed by atoms with E-state index in [1.54, 1.807) is 0 Å². The summed E-state index contributed by atoms with van der Waals surface area (Å²) in [6, 6.07) is 11.6. The Balaban J connectivity index is 1.69. The predicted octanol–water partition coefficient (Wildman–Crippen LogP) is 3.19. The summed E-state index contributed by atoms with van der Waals surface area (Å²) in [6.45, 7) is 7.45. The van der Waals surface area contributed by atoms with Crippen molar-refractivity contribution in [2.24, 2.45) is 11.3 Å². The fraction of sp³-hybridized carbons (Fsp3) is 0.647. The fourth-order valence-corrected chi connectivity index (χ4v) is 3.53. The summed E-state index contributed by atoms with van der Waals surface area (Å²) in [7, 11) is 0. The van der Waals surface area contributed by atoms with E-state index in [1.807, 2.05) is 0 Å². The zero-order chi connectivity index (χ0) is 13.3. The van der Waals surface area contributed by atoms with Gasteiger partial charge in [-0.15, -0.1) is 0 Å². The second-order valence-corrected chi connectivity index (χ2v) is 6.56. The molecule has 1 heterocycles. The van der Waals surface area contributed by atoms with Crippen LogP contribution in [0.5, 0.6) is 0 Å². The molecule has 0 radical (unpaired) electrons. The minimum Gasteiger partial charge on any atom is -0.381 e. The molecule has 3 rings (SSSR count). The second kappa shape index (κ2) is 5.26. The Kier molecular flexibility index (Phi) is 3.64.